The molecule has 9 heteroatoms. The second kappa shape index (κ2) is 10.0. The average molecular weight is 427 g/mol. The predicted molar refractivity (Wildman–Crippen MR) is 113 cm³/mol. The zero-order valence-electron chi connectivity index (χ0n) is 15.8. The van der Waals surface area contributed by atoms with Gasteiger partial charge in [0, 0.05) is 5.02 Å². The van der Waals surface area contributed by atoms with E-state index in [9.17, 15) is 4.79 Å². The Morgan fingerprint density at radius 3 is 2.79 bits per heavy atom. The summed E-state index contributed by atoms with van der Waals surface area (Å²) in [4.78, 5) is 12.3. The number of aromatic nitrogens is 4. The fraction of sp³-hybridized carbons (Fsp3) is 0.250. The highest BCUT2D eigenvalue weighted by Crippen LogP contribution is 2.22. The molecule has 2 aromatic carbocycles. The van der Waals surface area contributed by atoms with Crippen LogP contribution in [0, 0.1) is 11.3 Å². The lowest BCUT2D eigenvalue weighted by atomic mass is 10.1. The van der Waals surface area contributed by atoms with Gasteiger partial charge in [0.15, 0.2) is 0 Å². The van der Waals surface area contributed by atoms with E-state index >= 15 is 0 Å². The van der Waals surface area contributed by atoms with Gasteiger partial charge in [0.1, 0.15) is 6.07 Å². The molecule has 1 N–H and O–H groups in total. The van der Waals surface area contributed by atoms with Crippen LogP contribution < -0.4 is 5.32 Å². The molecule has 0 unspecified atom stereocenters. The van der Waals surface area contributed by atoms with E-state index in [2.05, 4.69) is 39.9 Å². The van der Waals surface area contributed by atoms with Gasteiger partial charge in [-0.15, -0.1) is 5.10 Å². The first-order chi connectivity index (χ1) is 14.1. The summed E-state index contributed by atoms with van der Waals surface area (Å²) in [7, 11) is 0. The molecule has 0 radical (unpaired) electrons. The number of benzene rings is 2. The molecule has 0 spiro atoms. The number of nitrogens with one attached hydrogen (secondary N) is 1. The second-order valence-electron chi connectivity index (χ2n) is 6.28. The molecule has 0 aliphatic rings. The summed E-state index contributed by atoms with van der Waals surface area (Å²) < 4.78 is 1.60. The maximum atomic E-state index is 12.3. The minimum absolute atomic E-state index is 0.0896. The molecule has 0 atom stereocenters. The Morgan fingerprint density at radius 1 is 1.28 bits per heavy atom. The first-order valence-electron chi connectivity index (χ1n) is 9.10. The van der Waals surface area contributed by atoms with Crippen molar-refractivity contribution in [2.75, 3.05) is 11.1 Å². The maximum Gasteiger partial charge on any atom is 0.234 e. The highest BCUT2D eigenvalue weighted by atomic mass is 35.5. The lowest BCUT2D eigenvalue weighted by Gasteiger charge is -2.08. The lowest BCUT2D eigenvalue weighted by Crippen LogP contribution is -2.15. The number of rotatable bonds is 8. The van der Waals surface area contributed by atoms with Gasteiger partial charge in [0.2, 0.25) is 11.1 Å². The molecular formula is C20H19ClN6OS. The molecular weight excluding hydrogens is 408 g/mol. The van der Waals surface area contributed by atoms with Gasteiger partial charge in [-0.1, -0.05) is 48.8 Å². The summed E-state index contributed by atoms with van der Waals surface area (Å²) in [5, 5.41) is 24.6. The molecule has 0 aliphatic carbocycles. The van der Waals surface area contributed by atoms with Crippen molar-refractivity contribution in [1.82, 2.24) is 20.2 Å². The van der Waals surface area contributed by atoms with Crippen LogP contribution in [0.1, 0.15) is 30.9 Å². The van der Waals surface area contributed by atoms with E-state index in [-0.39, 0.29) is 11.7 Å². The zero-order chi connectivity index (χ0) is 20.6. The van der Waals surface area contributed by atoms with Gasteiger partial charge in [-0.3, -0.25) is 4.79 Å². The quantitative estimate of drug-likeness (QED) is 0.540. The van der Waals surface area contributed by atoms with Crippen molar-refractivity contribution < 1.29 is 4.79 Å². The Kier molecular flexibility index (Phi) is 7.22. The van der Waals surface area contributed by atoms with Gasteiger partial charge in [-0.2, -0.15) is 9.94 Å². The van der Waals surface area contributed by atoms with E-state index < -0.39 is 0 Å². The lowest BCUT2D eigenvalue weighted by molar-refractivity contribution is -0.113. The fourth-order valence-corrected chi connectivity index (χ4v) is 3.51. The number of hydrogen-bond donors (Lipinski definition) is 1. The van der Waals surface area contributed by atoms with Crippen LogP contribution in [-0.4, -0.2) is 31.9 Å². The van der Waals surface area contributed by atoms with Crippen LogP contribution in [0.25, 0.3) is 5.69 Å². The number of hydrogen-bond acceptors (Lipinski definition) is 6. The first-order valence-corrected chi connectivity index (χ1v) is 10.5. The van der Waals surface area contributed by atoms with E-state index in [4.69, 9.17) is 16.9 Å². The van der Waals surface area contributed by atoms with Gasteiger partial charge in [0.25, 0.3) is 0 Å². The standard InChI is InChI=1S/C20H19ClN6OS/c1-2-3-4-14-5-9-17(10-6-14)27-20(24-25-26-27)29-13-19(28)23-18-11-16(21)8-7-15(18)12-22/h5-11H,2-4,13H2,1H3,(H,23,28). The third-order valence-corrected chi connectivity index (χ3v) is 5.30. The minimum atomic E-state index is -0.279. The minimum Gasteiger partial charge on any atom is -0.324 e. The number of anilines is 1. The van der Waals surface area contributed by atoms with Crippen molar-refractivity contribution in [2.24, 2.45) is 0 Å². The molecule has 0 fully saturated rings. The molecule has 0 aliphatic heterocycles. The highest BCUT2D eigenvalue weighted by molar-refractivity contribution is 7.99. The average Bonchev–Trinajstić information content (AvgIpc) is 3.20. The molecule has 0 bridgehead atoms. The number of nitrogens with zero attached hydrogens (tertiary/aromatic N) is 5. The number of amides is 1. The number of nitriles is 1. The molecule has 0 saturated carbocycles. The van der Waals surface area contributed by atoms with Crippen molar-refractivity contribution in [3.05, 3.63) is 58.6 Å². The van der Waals surface area contributed by atoms with Gasteiger partial charge in [0.05, 0.1) is 22.7 Å². The smallest absolute Gasteiger partial charge is 0.234 e. The van der Waals surface area contributed by atoms with E-state index in [0.29, 0.717) is 21.4 Å². The zero-order valence-corrected chi connectivity index (χ0v) is 17.4. The monoisotopic (exact) mass is 426 g/mol. The van der Waals surface area contributed by atoms with Crippen LogP contribution in [0.5, 0.6) is 0 Å². The molecule has 29 heavy (non-hydrogen) atoms. The van der Waals surface area contributed by atoms with Crippen LogP contribution in [-0.2, 0) is 11.2 Å². The Balaban J connectivity index is 1.64. The van der Waals surface area contributed by atoms with Crippen molar-refractivity contribution in [1.29, 1.82) is 5.26 Å². The van der Waals surface area contributed by atoms with Crippen LogP contribution in [0.2, 0.25) is 5.02 Å². The maximum absolute atomic E-state index is 12.3. The van der Waals surface area contributed by atoms with E-state index in [1.165, 1.54) is 17.3 Å². The third kappa shape index (κ3) is 5.56. The van der Waals surface area contributed by atoms with Gasteiger partial charge in [-0.25, -0.2) is 0 Å². The summed E-state index contributed by atoms with van der Waals surface area (Å²) in [5.74, 6) is -0.190. The molecule has 3 aromatic rings. The number of aryl methyl sites for hydroxylation is 1. The normalized spacial score (nSPS) is 10.5. The predicted octanol–water partition coefficient (Wildman–Crippen LogP) is 4.26. The Hall–Kier alpha value is -2.89. The molecule has 3 rings (SSSR count). The molecule has 7 nitrogen and oxygen atoms in total. The van der Waals surface area contributed by atoms with Crippen molar-refractivity contribution in [2.45, 2.75) is 31.3 Å². The summed E-state index contributed by atoms with van der Waals surface area (Å²) >= 11 is 7.16. The topological polar surface area (TPSA) is 96.5 Å². The SMILES string of the molecule is CCCCc1ccc(-n2nnnc2SCC(=O)Nc2cc(Cl)ccc2C#N)cc1. The summed E-state index contributed by atoms with van der Waals surface area (Å²) in [5.41, 5.74) is 2.83. The number of carbonyl (C=O) groups excluding carboxylic acids is 1. The van der Waals surface area contributed by atoms with E-state index in [1.807, 2.05) is 18.2 Å². The second-order valence-corrected chi connectivity index (χ2v) is 7.66. The number of thioether (sulfide) groups is 1. The van der Waals surface area contributed by atoms with Crippen LogP contribution >= 0.6 is 23.4 Å². The van der Waals surface area contributed by atoms with Crippen molar-refractivity contribution >= 4 is 35.0 Å². The molecule has 1 aromatic heterocycles. The Morgan fingerprint density at radius 2 is 2.07 bits per heavy atom. The van der Waals surface area contributed by atoms with Crippen LogP contribution in [0.4, 0.5) is 5.69 Å². The Labute approximate surface area is 178 Å². The number of tetrazole rings is 1. The van der Waals surface area contributed by atoms with Gasteiger partial charge < -0.3 is 5.32 Å². The number of unbranched alkanes of at least 4 members (excludes halogenated alkanes) is 1. The summed E-state index contributed by atoms with van der Waals surface area (Å²) in [6.45, 7) is 2.17. The third-order valence-electron chi connectivity index (χ3n) is 4.15. The first kappa shape index (κ1) is 20.8. The van der Waals surface area contributed by atoms with Crippen molar-refractivity contribution in [3.63, 3.8) is 0 Å². The van der Waals surface area contributed by atoms with Crippen molar-refractivity contribution in [3.8, 4) is 11.8 Å². The van der Waals surface area contributed by atoms with Gasteiger partial charge in [-0.05, 0) is 59.2 Å². The summed E-state index contributed by atoms with van der Waals surface area (Å²) in [6, 6.07) is 14.8. The van der Waals surface area contributed by atoms with Gasteiger partial charge >= 0.3 is 0 Å². The number of halogens is 1. The molecule has 1 amide bonds. The Bertz CT molecular complexity index is 1030. The fourth-order valence-electron chi connectivity index (χ4n) is 2.65. The van der Waals surface area contributed by atoms with E-state index in [1.54, 1.807) is 22.9 Å². The molecule has 1 heterocycles. The van der Waals surface area contributed by atoms with Crippen LogP contribution in [0.3, 0.4) is 0 Å². The van der Waals surface area contributed by atoms with E-state index in [0.717, 1.165) is 24.9 Å². The molecule has 0 saturated heterocycles. The highest BCUT2D eigenvalue weighted by Gasteiger charge is 2.13. The molecule has 148 valence electrons. The summed E-state index contributed by atoms with van der Waals surface area (Å²) in [6.07, 6.45) is 3.35. The largest absolute Gasteiger partial charge is 0.324 e. The van der Waals surface area contributed by atoms with Crippen LogP contribution in [0.15, 0.2) is 47.6 Å². The number of carbonyl (C=O) groups is 1.